The van der Waals surface area contributed by atoms with Crippen LogP contribution in [-0.4, -0.2) is 16.8 Å². The zero-order valence-corrected chi connectivity index (χ0v) is 10.2. The number of halogens is 1. The number of phenolic OH excluding ortho intramolecular Hbond substituents is 1. The van der Waals surface area contributed by atoms with Crippen LogP contribution in [-0.2, 0) is 5.54 Å². The standard InChI is InChI=1S/C10H14INO2/c1-10(12,4-5-13)8-3-2-7(11)6-9(8)14/h2-3,6,13-14H,4-5,12H2,1H3/t10-/m1/s1. The van der Waals surface area contributed by atoms with E-state index in [0.29, 0.717) is 12.0 Å². The van der Waals surface area contributed by atoms with Crippen LogP contribution in [0.2, 0.25) is 0 Å². The lowest BCUT2D eigenvalue weighted by molar-refractivity contribution is 0.245. The Morgan fingerprint density at radius 3 is 2.64 bits per heavy atom. The van der Waals surface area contributed by atoms with Gasteiger partial charge >= 0.3 is 0 Å². The first kappa shape index (κ1) is 11.7. The SMILES string of the molecule is C[C@@](N)(CCO)c1ccc(I)cc1O. The molecule has 3 nitrogen and oxygen atoms in total. The Kier molecular flexibility index (Phi) is 3.74. The highest BCUT2D eigenvalue weighted by molar-refractivity contribution is 14.1. The number of benzene rings is 1. The number of hydrogen-bond donors (Lipinski definition) is 3. The molecule has 0 heterocycles. The molecule has 4 heteroatoms. The van der Waals surface area contributed by atoms with Gasteiger partial charge in [-0.2, -0.15) is 0 Å². The minimum Gasteiger partial charge on any atom is -0.508 e. The van der Waals surface area contributed by atoms with Gasteiger partial charge in [0.2, 0.25) is 0 Å². The van der Waals surface area contributed by atoms with Gasteiger partial charge in [0.05, 0.1) is 0 Å². The summed E-state index contributed by atoms with van der Waals surface area (Å²) >= 11 is 2.12. The predicted molar refractivity (Wildman–Crippen MR) is 64.1 cm³/mol. The van der Waals surface area contributed by atoms with Gasteiger partial charge in [-0.3, -0.25) is 0 Å². The fraction of sp³-hybridized carbons (Fsp3) is 0.400. The predicted octanol–water partition coefficient (Wildman–Crippen LogP) is 1.55. The first-order valence-corrected chi connectivity index (χ1v) is 5.44. The Balaban J connectivity index is 3.06. The van der Waals surface area contributed by atoms with Gasteiger partial charge in [0.25, 0.3) is 0 Å². The van der Waals surface area contributed by atoms with Gasteiger partial charge in [0.15, 0.2) is 0 Å². The van der Waals surface area contributed by atoms with Gasteiger partial charge in [-0.05, 0) is 48.1 Å². The number of aromatic hydroxyl groups is 1. The molecule has 0 spiro atoms. The molecule has 0 saturated carbocycles. The van der Waals surface area contributed by atoms with Crippen molar-refractivity contribution >= 4 is 22.6 Å². The Labute approximate surface area is 97.1 Å². The number of nitrogens with two attached hydrogens (primary N) is 1. The first-order chi connectivity index (χ1) is 6.47. The second-order valence-corrected chi connectivity index (χ2v) is 4.80. The van der Waals surface area contributed by atoms with Crippen LogP contribution in [0.1, 0.15) is 18.9 Å². The van der Waals surface area contributed by atoms with Crippen molar-refractivity contribution in [3.8, 4) is 5.75 Å². The molecule has 0 bridgehead atoms. The summed E-state index contributed by atoms with van der Waals surface area (Å²) in [4.78, 5) is 0. The monoisotopic (exact) mass is 307 g/mol. The van der Waals surface area contributed by atoms with Crippen molar-refractivity contribution in [2.45, 2.75) is 18.9 Å². The molecule has 0 aliphatic rings. The Morgan fingerprint density at radius 2 is 2.14 bits per heavy atom. The third kappa shape index (κ3) is 2.59. The van der Waals surface area contributed by atoms with E-state index in [0.717, 1.165) is 3.57 Å². The molecule has 78 valence electrons. The van der Waals surface area contributed by atoms with Gasteiger partial charge in [-0.1, -0.05) is 6.07 Å². The molecular formula is C10H14INO2. The van der Waals surface area contributed by atoms with E-state index < -0.39 is 5.54 Å². The molecule has 1 atom stereocenters. The maximum Gasteiger partial charge on any atom is 0.121 e. The average molecular weight is 307 g/mol. The molecule has 14 heavy (non-hydrogen) atoms. The van der Waals surface area contributed by atoms with Crippen LogP contribution in [0.15, 0.2) is 18.2 Å². The van der Waals surface area contributed by atoms with Crippen molar-refractivity contribution in [1.29, 1.82) is 0 Å². The van der Waals surface area contributed by atoms with E-state index in [1.54, 1.807) is 19.1 Å². The topological polar surface area (TPSA) is 66.5 Å². The molecule has 4 N–H and O–H groups in total. The first-order valence-electron chi connectivity index (χ1n) is 4.36. The molecule has 0 aliphatic heterocycles. The summed E-state index contributed by atoms with van der Waals surface area (Å²) in [6.45, 7) is 1.81. The van der Waals surface area contributed by atoms with Crippen molar-refractivity contribution in [3.05, 3.63) is 27.3 Å². The molecule has 1 aromatic carbocycles. The Bertz CT molecular complexity index is 326. The van der Waals surface area contributed by atoms with Crippen LogP contribution in [0.3, 0.4) is 0 Å². The molecular weight excluding hydrogens is 293 g/mol. The Hall–Kier alpha value is -0.330. The van der Waals surface area contributed by atoms with E-state index in [-0.39, 0.29) is 12.4 Å². The van der Waals surface area contributed by atoms with Crippen LogP contribution >= 0.6 is 22.6 Å². The van der Waals surface area contributed by atoms with E-state index in [1.807, 2.05) is 6.07 Å². The zero-order chi connectivity index (χ0) is 10.8. The van der Waals surface area contributed by atoms with Crippen molar-refractivity contribution in [1.82, 2.24) is 0 Å². The number of rotatable bonds is 3. The number of hydrogen-bond acceptors (Lipinski definition) is 3. The van der Waals surface area contributed by atoms with E-state index in [1.165, 1.54) is 0 Å². The molecule has 0 unspecified atom stereocenters. The van der Waals surface area contributed by atoms with Crippen molar-refractivity contribution in [2.75, 3.05) is 6.61 Å². The summed E-state index contributed by atoms with van der Waals surface area (Å²) in [7, 11) is 0. The largest absolute Gasteiger partial charge is 0.508 e. The highest BCUT2D eigenvalue weighted by Crippen LogP contribution is 2.30. The average Bonchev–Trinajstić information content (AvgIpc) is 2.02. The summed E-state index contributed by atoms with van der Waals surface area (Å²) in [6.07, 6.45) is 0.432. The summed E-state index contributed by atoms with van der Waals surface area (Å²) < 4.78 is 0.962. The molecule has 0 radical (unpaired) electrons. The molecule has 0 aromatic heterocycles. The number of aliphatic hydroxyl groups is 1. The Morgan fingerprint density at radius 1 is 1.50 bits per heavy atom. The van der Waals surface area contributed by atoms with Gasteiger partial charge in [-0.25, -0.2) is 0 Å². The molecule has 0 amide bonds. The van der Waals surface area contributed by atoms with Crippen molar-refractivity contribution in [3.63, 3.8) is 0 Å². The quantitative estimate of drug-likeness (QED) is 0.742. The van der Waals surface area contributed by atoms with E-state index in [4.69, 9.17) is 10.8 Å². The molecule has 0 aliphatic carbocycles. The zero-order valence-electron chi connectivity index (χ0n) is 8.00. The second kappa shape index (κ2) is 4.46. The molecule has 1 aromatic rings. The minimum absolute atomic E-state index is 0.0123. The third-order valence-corrected chi connectivity index (χ3v) is 2.88. The van der Waals surface area contributed by atoms with Crippen molar-refractivity contribution < 1.29 is 10.2 Å². The lowest BCUT2D eigenvalue weighted by atomic mass is 9.89. The van der Waals surface area contributed by atoms with Gasteiger partial charge in [0, 0.05) is 21.3 Å². The lowest BCUT2D eigenvalue weighted by Gasteiger charge is -2.25. The maximum atomic E-state index is 9.69. The van der Waals surface area contributed by atoms with Crippen LogP contribution in [0, 0.1) is 3.57 Å². The van der Waals surface area contributed by atoms with Crippen LogP contribution < -0.4 is 5.73 Å². The fourth-order valence-corrected chi connectivity index (χ4v) is 1.83. The van der Waals surface area contributed by atoms with Crippen LogP contribution in [0.5, 0.6) is 5.75 Å². The van der Waals surface area contributed by atoms with Gasteiger partial charge in [0.1, 0.15) is 5.75 Å². The van der Waals surface area contributed by atoms with Crippen LogP contribution in [0.25, 0.3) is 0 Å². The summed E-state index contributed by atoms with van der Waals surface area (Å²) in [5.74, 6) is 0.190. The minimum atomic E-state index is -0.677. The van der Waals surface area contributed by atoms with E-state index in [9.17, 15) is 5.11 Å². The number of phenols is 1. The summed E-state index contributed by atoms with van der Waals surface area (Å²) in [5.41, 5.74) is 5.97. The maximum absolute atomic E-state index is 9.69. The molecule has 0 fully saturated rings. The highest BCUT2D eigenvalue weighted by Gasteiger charge is 2.23. The summed E-state index contributed by atoms with van der Waals surface area (Å²) in [5, 5.41) is 18.5. The lowest BCUT2D eigenvalue weighted by Crippen LogP contribution is -2.34. The number of aliphatic hydroxyl groups excluding tert-OH is 1. The second-order valence-electron chi connectivity index (χ2n) is 3.55. The fourth-order valence-electron chi connectivity index (χ4n) is 1.35. The normalized spacial score (nSPS) is 15.1. The molecule has 1 rings (SSSR count). The highest BCUT2D eigenvalue weighted by atomic mass is 127. The van der Waals surface area contributed by atoms with Gasteiger partial charge in [-0.15, -0.1) is 0 Å². The van der Waals surface area contributed by atoms with E-state index >= 15 is 0 Å². The van der Waals surface area contributed by atoms with Crippen LogP contribution in [0.4, 0.5) is 0 Å². The summed E-state index contributed by atoms with van der Waals surface area (Å²) in [6, 6.07) is 5.35. The molecule has 0 saturated heterocycles. The van der Waals surface area contributed by atoms with Gasteiger partial charge < -0.3 is 15.9 Å². The van der Waals surface area contributed by atoms with Crippen molar-refractivity contribution in [2.24, 2.45) is 5.73 Å². The third-order valence-electron chi connectivity index (χ3n) is 2.21. The smallest absolute Gasteiger partial charge is 0.121 e. The van der Waals surface area contributed by atoms with E-state index in [2.05, 4.69) is 22.6 Å².